The van der Waals surface area contributed by atoms with Gasteiger partial charge in [-0.1, -0.05) is 0 Å². The molecule has 16 heavy (non-hydrogen) atoms. The summed E-state index contributed by atoms with van der Waals surface area (Å²) in [6.45, 7) is 1.59. The molecule has 0 aliphatic carbocycles. The highest BCUT2D eigenvalue weighted by atomic mass is 79.9. The van der Waals surface area contributed by atoms with E-state index in [9.17, 15) is 22.0 Å². The van der Waals surface area contributed by atoms with Gasteiger partial charge in [0, 0.05) is 14.2 Å². The van der Waals surface area contributed by atoms with Crippen molar-refractivity contribution in [3.05, 3.63) is 20.3 Å². The van der Waals surface area contributed by atoms with Gasteiger partial charge < -0.3 is 0 Å². The van der Waals surface area contributed by atoms with Crippen LogP contribution in [0, 0.1) is 6.92 Å². The fourth-order valence-electron chi connectivity index (χ4n) is 0.982. The first-order valence-corrected chi connectivity index (χ1v) is 5.96. The van der Waals surface area contributed by atoms with E-state index in [-0.39, 0.29) is 9.35 Å². The van der Waals surface area contributed by atoms with E-state index in [1.54, 1.807) is 6.92 Å². The fourth-order valence-corrected chi connectivity index (χ4v) is 3.39. The molecule has 1 heterocycles. The van der Waals surface area contributed by atoms with E-state index in [2.05, 4.69) is 15.9 Å². The summed E-state index contributed by atoms with van der Waals surface area (Å²) in [5.74, 6) is -4.95. The van der Waals surface area contributed by atoms with Crippen molar-refractivity contribution in [2.24, 2.45) is 0 Å². The van der Waals surface area contributed by atoms with E-state index in [1.165, 1.54) is 6.07 Å². The molecule has 8 heteroatoms. The van der Waals surface area contributed by atoms with Crippen LogP contribution in [0.4, 0.5) is 22.0 Å². The first kappa shape index (κ1) is 14.2. The zero-order chi connectivity index (χ0) is 12.7. The molecule has 1 aromatic heterocycles. The molecule has 92 valence electrons. The maximum atomic E-state index is 12.9. The van der Waals surface area contributed by atoms with Crippen LogP contribution in [0.5, 0.6) is 0 Å². The van der Waals surface area contributed by atoms with Crippen molar-refractivity contribution in [3.63, 3.8) is 0 Å². The molecule has 0 aliphatic rings. The maximum absolute atomic E-state index is 12.9. The van der Waals surface area contributed by atoms with Crippen molar-refractivity contribution in [2.45, 2.75) is 24.4 Å². The van der Waals surface area contributed by atoms with E-state index in [0.717, 1.165) is 11.3 Å². The molecule has 0 radical (unpaired) electrons. The minimum Gasteiger partial charge on any atom is -0.194 e. The second kappa shape index (κ2) is 4.42. The van der Waals surface area contributed by atoms with E-state index in [1.807, 2.05) is 0 Å². The summed E-state index contributed by atoms with van der Waals surface area (Å²) in [5.41, 5.74) is 0. The van der Waals surface area contributed by atoms with Crippen LogP contribution in [0.25, 0.3) is 0 Å². The molecule has 0 aromatic carbocycles. The highest BCUT2D eigenvalue weighted by Gasteiger charge is 2.63. The van der Waals surface area contributed by atoms with Gasteiger partial charge in [0.25, 0.3) is 0 Å². The Morgan fingerprint density at radius 1 is 1.31 bits per heavy atom. The van der Waals surface area contributed by atoms with Crippen LogP contribution < -0.4 is 0 Å². The summed E-state index contributed by atoms with van der Waals surface area (Å²) >= 11 is 8.92. The lowest BCUT2D eigenvalue weighted by Crippen LogP contribution is -2.40. The van der Waals surface area contributed by atoms with Crippen LogP contribution in [0.3, 0.4) is 0 Å². The van der Waals surface area contributed by atoms with Crippen molar-refractivity contribution < 1.29 is 22.0 Å². The Kier molecular flexibility index (Phi) is 3.92. The van der Waals surface area contributed by atoms with Gasteiger partial charge in [0.1, 0.15) is 5.38 Å². The van der Waals surface area contributed by atoms with Gasteiger partial charge in [0.15, 0.2) is 0 Å². The Hall–Kier alpha value is 0.120. The Bertz CT molecular complexity index is 386. The molecule has 0 saturated carbocycles. The lowest BCUT2D eigenvalue weighted by molar-refractivity contribution is -0.283. The van der Waals surface area contributed by atoms with Gasteiger partial charge in [0.2, 0.25) is 0 Å². The molecule has 1 aromatic rings. The zero-order valence-corrected chi connectivity index (χ0v) is 10.9. The Morgan fingerprint density at radius 2 is 1.81 bits per heavy atom. The topological polar surface area (TPSA) is 0 Å². The fraction of sp³-hybridized carbons (Fsp3) is 0.500. The molecule has 0 aliphatic heterocycles. The molecule has 1 atom stereocenters. The number of alkyl halides is 6. The van der Waals surface area contributed by atoms with Gasteiger partial charge >= 0.3 is 12.1 Å². The highest BCUT2D eigenvalue weighted by Crippen LogP contribution is 2.51. The van der Waals surface area contributed by atoms with Crippen LogP contribution in [0.15, 0.2) is 10.5 Å². The summed E-state index contributed by atoms with van der Waals surface area (Å²) in [4.78, 5) is 0.381. The van der Waals surface area contributed by atoms with Crippen LogP contribution >= 0.6 is 38.9 Å². The van der Waals surface area contributed by atoms with Crippen LogP contribution in [0.2, 0.25) is 0 Å². The lowest BCUT2D eigenvalue weighted by Gasteiger charge is -2.23. The van der Waals surface area contributed by atoms with Crippen molar-refractivity contribution in [1.29, 1.82) is 0 Å². The number of hydrogen-bond acceptors (Lipinski definition) is 1. The molecule has 0 nitrogen and oxygen atoms in total. The van der Waals surface area contributed by atoms with Crippen LogP contribution in [-0.4, -0.2) is 12.1 Å². The molecule has 0 spiro atoms. The third-order valence-corrected chi connectivity index (χ3v) is 4.42. The van der Waals surface area contributed by atoms with Gasteiger partial charge in [0.05, 0.1) is 0 Å². The predicted octanol–water partition coefficient (Wildman–Crippen LogP) is 5.30. The zero-order valence-electron chi connectivity index (χ0n) is 7.71. The monoisotopic (exact) mass is 342 g/mol. The molecular formula is C8H5BrClF5S. The number of rotatable bonds is 2. The normalized spacial score (nSPS) is 15.2. The molecule has 0 amide bonds. The average molecular weight is 344 g/mol. The van der Waals surface area contributed by atoms with Gasteiger partial charge in [-0.2, -0.15) is 22.0 Å². The molecular weight excluding hydrogens is 339 g/mol. The molecule has 1 rings (SSSR count). The Balaban J connectivity index is 3.11. The smallest absolute Gasteiger partial charge is 0.194 e. The Morgan fingerprint density at radius 3 is 2.12 bits per heavy atom. The molecule has 0 N–H and O–H groups in total. The first-order chi connectivity index (χ1) is 7.07. The third-order valence-electron chi connectivity index (χ3n) is 1.76. The van der Waals surface area contributed by atoms with E-state index in [0.29, 0.717) is 4.88 Å². The summed E-state index contributed by atoms with van der Waals surface area (Å²) in [6, 6.07) is 1.45. The van der Waals surface area contributed by atoms with Gasteiger partial charge in [-0.25, -0.2) is 0 Å². The minimum atomic E-state index is -5.66. The van der Waals surface area contributed by atoms with Crippen LogP contribution in [-0.2, 0) is 0 Å². The number of aryl methyl sites for hydroxylation is 1. The number of thiophene rings is 1. The quantitative estimate of drug-likeness (QED) is 0.505. The van der Waals surface area contributed by atoms with Gasteiger partial charge in [-0.3, -0.25) is 0 Å². The molecule has 0 saturated heterocycles. The van der Waals surface area contributed by atoms with E-state index < -0.39 is 17.5 Å². The van der Waals surface area contributed by atoms with Crippen LogP contribution in [0.1, 0.15) is 15.1 Å². The van der Waals surface area contributed by atoms with Crippen molar-refractivity contribution in [2.75, 3.05) is 0 Å². The Labute approximate surface area is 106 Å². The first-order valence-electron chi connectivity index (χ1n) is 3.92. The molecule has 1 unspecified atom stereocenters. The SMILES string of the molecule is Cc1cc(Br)c(C(Cl)C(F)(F)C(F)(F)F)s1. The summed E-state index contributed by atoms with van der Waals surface area (Å²) in [6.07, 6.45) is -5.66. The predicted molar refractivity (Wildman–Crippen MR) is 56.4 cm³/mol. The largest absolute Gasteiger partial charge is 0.455 e. The van der Waals surface area contributed by atoms with Crippen molar-refractivity contribution >= 4 is 38.9 Å². The highest BCUT2D eigenvalue weighted by molar-refractivity contribution is 9.10. The maximum Gasteiger partial charge on any atom is 0.455 e. The lowest BCUT2D eigenvalue weighted by atomic mass is 10.2. The summed E-state index contributed by atoms with van der Waals surface area (Å²) < 4.78 is 62.2. The number of halogens is 7. The third kappa shape index (κ3) is 2.51. The second-order valence-electron chi connectivity index (χ2n) is 3.05. The van der Waals surface area contributed by atoms with E-state index in [4.69, 9.17) is 11.6 Å². The van der Waals surface area contributed by atoms with Gasteiger partial charge in [-0.05, 0) is 28.9 Å². The average Bonchev–Trinajstić information content (AvgIpc) is 2.41. The number of hydrogen-bond donors (Lipinski definition) is 0. The summed E-state index contributed by atoms with van der Waals surface area (Å²) in [7, 11) is 0. The molecule has 0 bridgehead atoms. The van der Waals surface area contributed by atoms with Gasteiger partial charge in [-0.15, -0.1) is 22.9 Å². The molecule has 0 fully saturated rings. The van der Waals surface area contributed by atoms with Crippen molar-refractivity contribution in [3.8, 4) is 0 Å². The second-order valence-corrected chi connectivity index (χ2v) is 5.63. The van der Waals surface area contributed by atoms with Crippen molar-refractivity contribution in [1.82, 2.24) is 0 Å². The standard InChI is InChI=1S/C8H5BrClF5S/c1-3-2-4(9)5(16-3)6(10)7(11,12)8(13,14)15/h2,6H,1H3. The summed E-state index contributed by atoms with van der Waals surface area (Å²) in [5, 5.41) is -2.42. The van der Waals surface area contributed by atoms with E-state index >= 15 is 0 Å². The minimum absolute atomic E-state index is 0.166.